The lowest BCUT2D eigenvalue weighted by Gasteiger charge is -2.21. The Labute approximate surface area is 101 Å². The summed E-state index contributed by atoms with van der Waals surface area (Å²) in [5, 5.41) is 2.81. The average molecular weight is 243 g/mol. The van der Waals surface area contributed by atoms with Crippen molar-refractivity contribution in [2.24, 2.45) is 0 Å². The topological polar surface area (TPSA) is 21.3 Å². The summed E-state index contributed by atoms with van der Waals surface area (Å²) < 4.78 is 31.1. The first-order chi connectivity index (χ1) is 8.01. The highest BCUT2D eigenvalue weighted by Gasteiger charge is 2.23. The number of aryl methyl sites for hydroxylation is 2. The largest absolute Gasteiger partial charge is 0.496 e. The van der Waals surface area contributed by atoms with Crippen LogP contribution in [0.4, 0.5) is 8.78 Å². The fourth-order valence-electron chi connectivity index (χ4n) is 1.92. The molecule has 0 aliphatic rings. The Balaban J connectivity index is 3.15. The van der Waals surface area contributed by atoms with Crippen LogP contribution < -0.4 is 10.1 Å². The maximum atomic E-state index is 13.0. The molecule has 1 rings (SSSR count). The van der Waals surface area contributed by atoms with Gasteiger partial charge in [-0.05, 0) is 43.1 Å². The third-order valence-electron chi connectivity index (χ3n) is 2.79. The summed E-state index contributed by atoms with van der Waals surface area (Å²) in [5.74, 6) is 0.732. The lowest BCUT2D eigenvalue weighted by molar-refractivity contribution is 0.0989. The predicted molar refractivity (Wildman–Crippen MR) is 64.9 cm³/mol. The van der Waals surface area contributed by atoms with E-state index in [1.165, 1.54) is 0 Å². The Bertz CT molecular complexity index is 380. The van der Waals surface area contributed by atoms with E-state index in [4.69, 9.17) is 4.74 Å². The summed E-state index contributed by atoms with van der Waals surface area (Å²) in [6, 6.07) is 2.66. The van der Waals surface area contributed by atoms with E-state index in [9.17, 15) is 8.78 Å². The highest BCUT2D eigenvalue weighted by Crippen LogP contribution is 2.29. The van der Waals surface area contributed by atoms with Crippen LogP contribution >= 0.6 is 0 Å². The Hall–Kier alpha value is -1.16. The third-order valence-corrected chi connectivity index (χ3v) is 2.79. The second kappa shape index (κ2) is 5.96. The van der Waals surface area contributed by atoms with E-state index < -0.39 is 12.5 Å². The molecule has 1 aromatic rings. The molecule has 0 aliphatic heterocycles. The number of hydrogen-bond donors (Lipinski definition) is 1. The molecule has 0 aromatic heterocycles. The third kappa shape index (κ3) is 3.16. The van der Waals surface area contributed by atoms with Gasteiger partial charge in [0.25, 0.3) is 6.43 Å². The minimum atomic E-state index is -2.42. The van der Waals surface area contributed by atoms with Crippen LogP contribution in [0.5, 0.6) is 5.75 Å². The van der Waals surface area contributed by atoms with Gasteiger partial charge in [0.2, 0.25) is 0 Å². The Morgan fingerprint density at radius 1 is 1.24 bits per heavy atom. The van der Waals surface area contributed by atoms with Gasteiger partial charge in [-0.3, -0.25) is 0 Å². The summed E-state index contributed by atoms with van der Waals surface area (Å²) >= 11 is 0. The van der Waals surface area contributed by atoms with Gasteiger partial charge in [-0.2, -0.15) is 0 Å². The van der Waals surface area contributed by atoms with Crippen molar-refractivity contribution in [1.82, 2.24) is 5.32 Å². The molecule has 17 heavy (non-hydrogen) atoms. The summed E-state index contributed by atoms with van der Waals surface area (Å²) in [7, 11) is 1.58. The number of halogens is 2. The second-order valence-electron chi connectivity index (χ2n) is 4.05. The normalized spacial score (nSPS) is 12.9. The molecular weight excluding hydrogens is 224 g/mol. The highest BCUT2D eigenvalue weighted by atomic mass is 19.3. The number of methoxy groups -OCH3 is 1. The van der Waals surface area contributed by atoms with Gasteiger partial charge in [-0.15, -0.1) is 0 Å². The van der Waals surface area contributed by atoms with Crippen LogP contribution in [-0.4, -0.2) is 20.1 Å². The average Bonchev–Trinajstić information content (AvgIpc) is 2.28. The molecule has 1 atom stereocenters. The van der Waals surface area contributed by atoms with Crippen molar-refractivity contribution < 1.29 is 13.5 Å². The Morgan fingerprint density at radius 3 is 2.35 bits per heavy atom. The van der Waals surface area contributed by atoms with Crippen LogP contribution in [0.2, 0.25) is 0 Å². The first-order valence-electron chi connectivity index (χ1n) is 5.67. The van der Waals surface area contributed by atoms with E-state index >= 15 is 0 Å². The molecule has 96 valence electrons. The molecule has 1 unspecified atom stereocenters. The maximum Gasteiger partial charge on any atom is 0.257 e. The smallest absolute Gasteiger partial charge is 0.257 e. The lowest BCUT2D eigenvalue weighted by atomic mass is 9.98. The number of ether oxygens (including phenoxy) is 1. The van der Waals surface area contributed by atoms with E-state index in [1.807, 2.05) is 20.8 Å². The van der Waals surface area contributed by atoms with Crippen molar-refractivity contribution in [2.45, 2.75) is 33.2 Å². The van der Waals surface area contributed by atoms with Gasteiger partial charge in [0.15, 0.2) is 0 Å². The van der Waals surface area contributed by atoms with Crippen LogP contribution in [0.3, 0.4) is 0 Å². The van der Waals surface area contributed by atoms with Crippen molar-refractivity contribution >= 4 is 0 Å². The van der Waals surface area contributed by atoms with Crippen molar-refractivity contribution in [1.29, 1.82) is 0 Å². The quantitative estimate of drug-likeness (QED) is 0.857. The van der Waals surface area contributed by atoms with Crippen LogP contribution in [0, 0.1) is 13.8 Å². The molecule has 0 bridgehead atoms. The number of rotatable bonds is 5. The number of hydrogen-bond acceptors (Lipinski definition) is 2. The maximum absolute atomic E-state index is 13.0. The zero-order valence-corrected chi connectivity index (χ0v) is 10.7. The summed E-state index contributed by atoms with van der Waals surface area (Å²) in [4.78, 5) is 0. The molecule has 0 saturated carbocycles. The SMILES string of the molecule is CCNC(c1cc(C)c(OC)cc1C)C(F)F. The number of benzene rings is 1. The molecular formula is C13H19F2NO. The zero-order valence-electron chi connectivity index (χ0n) is 10.7. The summed E-state index contributed by atoms with van der Waals surface area (Å²) in [6.45, 7) is 6.01. The van der Waals surface area contributed by atoms with Gasteiger partial charge in [-0.1, -0.05) is 13.0 Å². The fraction of sp³-hybridized carbons (Fsp3) is 0.538. The molecule has 0 fully saturated rings. The van der Waals surface area contributed by atoms with Crippen molar-refractivity contribution in [3.05, 3.63) is 28.8 Å². The molecule has 4 heteroatoms. The molecule has 1 aromatic carbocycles. The van der Waals surface area contributed by atoms with E-state index in [0.29, 0.717) is 12.1 Å². The van der Waals surface area contributed by atoms with Gasteiger partial charge in [0, 0.05) is 0 Å². The van der Waals surface area contributed by atoms with Gasteiger partial charge in [0.05, 0.1) is 13.2 Å². The zero-order chi connectivity index (χ0) is 13.0. The summed E-state index contributed by atoms with van der Waals surface area (Å²) in [6.07, 6.45) is -2.42. The van der Waals surface area contributed by atoms with Crippen LogP contribution in [0.25, 0.3) is 0 Å². The molecule has 1 N–H and O–H groups in total. The molecule has 0 amide bonds. The van der Waals surface area contributed by atoms with Crippen molar-refractivity contribution in [3.8, 4) is 5.75 Å². The Kier molecular flexibility index (Phi) is 4.87. The first-order valence-corrected chi connectivity index (χ1v) is 5.67. The van der Waals surface area contributed by atoms with Gasteiger partial charge >= 0.3 is 0 Å². The van der Waals surface area contributed by atoms with Gasteiger partial charge in [0.1, 0.15) is 5.75 Å². The summed E-state index contributed by atoms with van der Waals surface area (Å²) in [5.41, 5.74) is 2.33. The Morgan fingerprint density at radius 2 is 1.88 bits per heavy atom. The number of nitrogens with one attached hydrogen (secondary N) is 1. The standard InChI is InChI=1S/C13H19F2NO/c1-5-16-12(13(14)15)10-6-9(3)11(17-4)7-8(10)2/h6-7,12-13,16H,5H2,1-4H3. The van der Waals surface area contributed by atoms with E-state index in [2.05, 4.69) is 5.32 Å². The van der Waals surface area contributed by atoms with E-state index in [1.54, 1.807) is 19.2 Å². The van der Waals surface area contributed by atoms with Crippen LogP contribution in [0.1, 0.15) is 29.7 Å². The molecule has 0 heterocycles. The van der Waals surface area contributed by atoms with E-state index in [0.717, 1.165) is 16.9 Å². The van der Waals surface area contributed by atoms with Crippen LogP contribution in [0.15, 0.2) is 12.1 Å². The first kappa shape index (κ1) is 13.9. The molecule has 2 nitrogen and oxygen atoms in total. The molecule has 0 saturated heterocycles. The highest BCUT2D eigenvalue weighted by molar-refractivity contribution is 5.43. The van der Waals surface area contributed by atoms with Gasteiger partial charge in [-0.25, -0.2) is 8.78 Å². The van der Waals surface area contributed by atoms with Gasteiger partial charge < -0.3 is 10.1 Å². The monoisotopic (exact) mass is 243 g/mol. The van der Waals surface area contributed by atoms with Crippen molar-refractivity contribution in [3.63, 3.8) is 0 Å². The predicted octanol–water partition coefficient (Wildman–Crippen LogP) is 3.23. The van der Waals surface area contributed by atoms with Crippen molar-refractivity contribution in [2.75, 3.05) is 13.7 Å². The second-order valence-corrected chi connectivity index (χ2v) is 4.05. The molecule has 0 aliphatic carbocycles. The van der Waals surface area contributed by atoms with Crippen LogP contribution in [-0.2, 0) is 0 Å². The minimum Gasteiger partial charge on any atom is -0.496 e. The minimum absolute atomic E-state index is 0.513. The van der Waals surface area contributed by atoms with E-state index in [-0.39, 0.29) is 0 Å². The molecule has 0 radical (unpaired) electrons. The molecule has 0 spiro atoms. The fourth-order valence-corrected chi connectivity index (χ4v) is 1.92. The number of alkyl halides is 2. The lowest BCUT2D eigenvalue weighted by Crippen LogP contribution is -2.27.